The second-order valence-electron chi connectivity index (χ2n) is 9.98. The molecule has 0 saturated carbocycles. The second-order valence-corrected chi connectivity index (χ2v) is 11.8. The summed E-state index contributed by atoms with van der Waals surface area (Å²) in [6.45, 7) is 2.80. The monoisotopic (exact) mass is 746 g/mol. The third-order valence-corrected chi connectivity index (χ3v) is 7.01. The van der Waals surface area contributed by atoms with Crippen molar-refractivity contribution in [3.05, 3.63) is 128 Å². The van der Waals surface area contributed by atoms with Gasteiger partial charge in [-0.15, -0.1) is 26.3 Å². The first-order chi connectivity index (χ1) is 20.6. The van der Waals surface area contributed by atoms with Crippen molar-refractivity contribution in [1.82, 2.24) is 9.80 Å². The summed E-state index contributed by atoms with van der Waals surface area (Å²) in [5, 5.41) is 0. The molecule has 12 heteroatoms. The van der Waals surface area contributed by atoms with Crippen LogP contribution in [0.2, 0.25) is 0 Å². The van der Waals surface area contributed by atoms with Crippen molar-refractivity contribution in [2.45, 2.75) is 38.9 Å². The number of rotatable bonds is 10. The smallest absolute Gasteiger partial charge is 0.406 e. The maximum Gasteiger partial charge on any atom is 0.573 e. The summed E-state index contributed by atoms with van der Waals surface area (Å²) < 4.78 is 82.3. The molecule has 0 bridgehead atoms. The summed E-state index contributed by atoms with van der Waals surface area (Å²) in [7, 11) is 3.92. The Bertz CT molecular complexity index is 1300. The van der Waals surface area contributed by atoms with Crippen LogP contribution in [0.4, 0.5) is 26.3 Å². The van der Waals surface area contributed by atoms with Gasteiger partial charge in [0.2, 0.25) is 0 Å². The van der Waals surface area contributed by atoms with E-state index in [-0.39, 0.29) is 11.5 Å². The Morgan fingerprint density at radius 2 is 0.682 bits per heavy atom. The van der Waals surface area contributed by atoms with Gasteiger partial charge in [0.1, 0.15) is 11.5 Å². The Balaban J connectivity index is 0.000000240. The molecule has 4 aromatic carbocycles. The molecule has 236 valence electrons. The molecule has 0 spiro atoms. The van der Waals surface area contributed by atoms with Crippen LogP contribution in [0.5, 0.6) is 11.5 Å². The number of benzene rings is 4. The van der Waals surface area contributed by atoms with E-state index in [1.807, 2.05) is 62.6 Å². The minimum atomic E-state index is -4.65. The molecule has 0 aliphatic carbocycles. The molecular weight excluding hydrogens is 718 g/mol. The van der Waals surface area contributed by atoms with E-state index in [9.17, 15) is 26.3 Å². The highest BCUT2D eigenvalue weighted by Gasteiger charge is 2.31. The lowest BCUT2D eigenvalue weighted by atomic mass is 10.2. The number of halogens is 8. The normalized spacial score (nSPS) is 11.7. The van der Waals surface area contributed by atoms with Gasteiger partial charge in [-0.3, -0.25) is 9.80 Å². The molecule has 44 heavy (non-hydrogen) atoms. The largest absolute Gasteiger partial charge is 0.573 e. The molecule has 0 N–H and O–H groups in total. The van der Waals surface area contributed by atoms with E-state index < -0.39 is 12.7 Å². The third kappa shape index (κ3) is 14.1. The van der Waals surface area contributed by atoms with E-state index in [4.69, 9.17) is 0 Å². The summed E-state index contributed by atoms with van der Waals surface area (Å²) in [5.41, 5.74) is 4.19. The van der Waals surface area contributed by atoms with Gasteiger partial charge in [-0.2, -0.15) is 0 Å². The molecule has 0 aromatic heterocycles. The summed E-state index contributed by atoms with van der Waals surface area (Å²) in [4.78, 5) is 4.17. The zero-order valence-corrected chi connectivity index (χ0v) is 27.0. The van der Waals surface area contributed by atoms with Crippen molar-refractivity contribution >= 4 is 31.9 Å². The van der Waals surface area contributed by atoms with Crippen LogP contribution in [-0.2, 0) is 26.2 Å². The van der Waals surface area contributed by atoms with Gasteiger partial charge in [0.25, 0.3) is 0 Å². The van der Waals surface area contributed by atoms with Crippen LogP contribution in [0.1, 0.15) is 22.3 Å². The molecule has 0 saturated heterocycles. The van der Waals surface area contributed by atoms with E-state index >= 15 is 0 Å². The highest BCUT2D eigenvalue weighted by atomic mass is 79.9. The Kier molecular flexibility index (Phi) is 13.1. The highest BCUT2D eigenvalue weighted by molar-refractivity contribution is 9.10. The molecule has 0 aliphatic heterocycles. The third-order valence-electron chi connectivity index (χ3n) is 5.95. The summed E-state index contributed by atoms with van der Waals surface area (Å²) in [6, 6.07) is 27.9. The first kappa shape index (κ1) is 35.4. The van der Waals surface area contributed by atoms with Crippen molar-refractivity contribution in [3.8, 4) is 11.5 Å². The highest BCUT2D eigenvalue weighted by Crippen LogP contribution is 2.24. The molecule has 0 aliphatic rings. The topological polar surface area (TPSA) is 24.9 Å². The zero-order valence-electron chi connectivity index (χ0n) is 23.8. The lowest BCUT2D eigenvalue weighted by Gasteiger charge is -2.17. The lowest BCUT2D eigenvalue weighted by molar-refractivity contribution is -0.275. The van der Waals surface area contributed by atoms with Gasteiger partial charge >= 0.3 is 12.7 Å². The van der Waals surface area contributed by atoms with E-state index in [0.717, 1.165) is 33.2 Å². The van der Waals surface area contributed by atoms with E-state index in [1.165, 1.54) is 35.4 Å². The summed E-state index contributed by atoms with van der Waals surface area (Å²) in [5.74, 6) is -0.404. The SMILES string of the molecule is CN(Cc1ccc(Br)cc1)Cc1ccc(OC(F)(F)F)cc1.CN(Cc1ccc(Br)cc1)Cc1ccc(OC(F)(F)F)cc1. The van der Waals surface area contributed by atoms with Crippen molar-refractivity contribution in [2.24, 2.45) is 0 Å². The van der Waals surface area contributed by atoms with Crippen LogP contribution in [0, 0.1) is 0 Å². The molecule has 0 fully saturated rings. The van der Waals surface area contributed by atoms with Crippen molar-refractivity contribution in [3.63, 3.8) is 0 Å². The lowest BCUT2D eigenvalue weighted by Crippen LogP contribution is -2.18. The van der Waals surface area contributed by atoms with Crippen LogP contribution in [0.15, 0.2) is 106 Å². The molecule has 4 rings (SSSR count). The second kappa shape index (κ2) is 16.3. The minimum Gasteiger partial charge on any atom is -0.406 e. The van der Waals surface area contributed by atoms with Crippen molar-refractivity contribution in [2.75, 3.05) is 14.1 Å². The van der Waals surface area contributed by atoms with Gasteiger partial charge in [0.05, 0.1) is 0 Å². The first-order valence-corrected chi connectivity index (χ1v) is 14.8. The number of alkyl halides is 6. The number of hydrogen-bond donors (Lipinski definition) is 0. The Labute approximate surface area is 269 Å². The molecule has 0 unspecified atom stereocenters. The number of ether oxygens (including phenoxy) is 2. The van der Waals surface area contributed by atoms with Crippen LogP contribution in [0.3, 0.4) is 0 Å². The molecule has 4 aromatic rings. The zero-order chi connectivity index (χ0) is 32.3. The van der Waals surface area contributed by atoms with Crippen LogP contribution in [-0.4, -0.2) is 36.6 Å². The van der Waals surface area contributed by atoms with Gasteiger partial charge in [0.15, 0.2) is 0 Å². The predicted octanol–water partition coefficient (Wildman–Crippen LogP) is 9.96. The van der Waals surface area contributed by atoms with E-state index in [1.54, 1.807) is 24.3 Å². The molecule has 0 amide bonds. The Hall–Kier alpha value is -3.06. The quantitative estimate of drug-likeness (QED) is 0.151. The van der Waals surface area contributed by atoms with Gasteiger partial charge in [-0.25, -0.2) is 0 Å². The van der Waals surface area contributed by atoms with Gasteiger partial charge in [0, 0.05) is 35.1 Å². The molecule has 0 atom stereocenters. The van der Waals surface area contributed by atoms with Gasteiger partial charge in [-0.1, -0.05) is 80.4 Å². The molecule has 0 heterocycles. The van der Waals surface area contributed by atoms with Gasteiger partial charge < -0.3 is 9.47 Å². The fourth-order valence-corrected chi connectivity index (χ4v) is 4.66. The van der Waals surface area contributed by atoms with E-state index in [0.29, 0.717) is 13.1 Å². The van der Waals surface area contributed by atoms with Crippen molar-refractivity contribution in [1.29, 1.82) is 0 Å². The van der Waals surface area contributed by atoms with Crippen molar-refractivity contribution < 1.29 is 35.8 Å². The summed E-state index contributed by atoms with van der Waals surface area (Å²) >= 11 is 6.77. The van der Waals surface area contributed by atoms with Crippen LogP contribution < -0.4 is 9.47 Å². The average molecular weight is 748 g/mol. The molecule has 0 radical (unpaired) electrons. The molecule has 4 nitrogen and oxygen atoms in total. The molecular formula is C32H30Br2F6N2O2. The fraction of sp³-hybridized carbons (Fsp3) is 0.250. The number of nitrogens with zero attached hydrogens (tertiary/aromatic N) is 2. The maximum absolute atomic E-state index is 12.1. The summed E-state index contributed by atoms with van der Waals surface area (Å²) in [6.07, 6.45) is -9.31. The van der Waals surface area contributed by atoms with E-state index in [2.05, 4.69) is 51.1 Å². The number of hydrogen-bond acceptors (Lipinski definition) is 4. The minimum absolute atomic E-state index is 0.202. The predicted molar refractivity (Wildman–Crippen MR) is 165 cm³/mol. The van der Waals surface area contributed by atoms with Gasteiger partial charge in [-0.05, 0) is 84.9 Å². The standard InChI is InChI=1S/2C16H15BrF3NO/c2*1-21(10-12-2-6-14(17)7-3-12)11-13-4-8-15(9-5-13)22-16(18,19)20/h2*2-9H,10-11H2,1H3. The van der Waals surface area contributed by atoms with Crippen LogP contribution in [0.25, 0.3) is 0 Å². The Morgan fingerprint density at radius 1 is 0.455 bits per heavy atom. The Morgan fingerprint density at radius 3 is 0.909 bits per heavy atom. The van der Waals surface area contributed by atoms with Crippen LogP contribution >= 0.6 is 31.9 Å². The first-order valence-electron chi connectivity index (χ1n) is 13.2. The maximum atomic E-state index is 12.1. The average Bonchev–Trinajstić information content (AvgIpc) is 2.92. The fourth-order valence-electron chi connectivity index (χ4n) is 4.13.